The van der Waals surface area contributed by atoms with E-state index in [1.807, 2.05) is 34.9 Å². The van der Waals surface area contributed by atoms with Crippen LogP contribution in [0, 0.1) is 5.82 Å². The SMILES string of the molecule is O=C1c2nnc(-c3ccccc3)n2CCN1Cc1ccccc1F. The Morgan fingerprint density at radius 1 is 0.917 bits per heavy atom. The molecule has 6 heteroatoms. The van der Waals surface area contributed by atoms with Crippen LogP contribution in [-0.2, 0) is 13.1 Å². The van der Waals surface area contributed by atoms with Gasteiger partial charge in [0.1, 0.15) is 5.82 Å². The van der Waals surface area contributed by atoms with Crippen LogP contribution in [-0.4, -0.2) is 32.1 Å². The van der Waals surface area contributed by atoms with Crippen molar-refractivity contribution in [2.24, 2.45) is 0 Å². The number of halogens is 1. The topological polar surface area (TPSA) is 51.0 Å². The van der Waals surface area contributed by atoms with Crippen molar-refractivity contribution in [2.45, 2.75) is 13.1 Å². The van der Waals surface area contributed by atoms with E-state index in [0.717, 1.165) is 5.56 Å². The number of carbonyl (C=O) groups is 1. The van der Waals surface area contributed by atoms with E-state index in [9.17, 15) is 9.18 Å². The highest BCUT2D eigenvalue weighted by molar-refractivity contribution is 5.92. The number of rotatable bonds is 3. The van der Waals surface area contributed by atoms with E-state index in [1.54, 1.807) is 23.1 Å². The first-order chi connectivity index (χ1) is 11.7. The van der Waals surface area contributed by atoms with Gasteiger partial charge in [-0.25, -0.2) is 4.39 Å². The standard InChI is InChI=1S/C18H15FN4O/c19-15-9-5-4-8-14(15)12-22-10-11-23-16(13-6-2-1-3-7-13)20-21-17(23)18(22)24/h1-9H,10-12H2. The van der Waals surface area contributed by atoms with Gasteiger partial charge in [0, 0.05) is 30.8 Å². The van der Waals surface area contributed by atoms with Gasteiger partial charge in [-0.3, -0.25) is 4.79 Å². The molecule has 0 unspecified atom stereocenters. The Morgan fingerprint density at radius 2 is 1.62 bits per heavy atom. The molecule has 1 amide bonds. The second kappa shape index (κ2) is 5.88. The lowest BCUT2D eigenvalue weighted by Gasteiger charge is -2.27. The summed E-state index contributed by atoms with van der Waals surface area (Å²) in [4.78, 5) is 14.3. The third-order valence-corrected chi connectivity index (χ3v) is 4.17. The summed E-state index contributed by atoms with van der Waals surface area (Å²) >= 11 is 0. The zero-order chi connectivity index (χ0) is 16.5. The zero-order valence-corrected chi connectivity index (χ0v) is 12.9. The number of benzene rings is 2. The van der Waals surface area contributed by atoms with Crippen molar-refractivity contribution < 1.29 is 9.18 Å². The van der Waals surface area contributed by atoms with E-state index in [1.165, 1.54) is 6.07 Å². The third-order valence-electron chi connectivity index (χ3n) is 4.17. The maximum absolute atomic E-state index is 13.8. The summed E-state index contributed by atoms with van der Waals surface area (Å²) in [5.41, 5.74) is 1.42. The summed E-state index contributed by atoms with van der Waals surface area (Å²) < 4.78 is 15.7. The van der Waals surface area contributed by atoms with Gasteiger partial charge in [-0.05, 0) is 6.07 Å². The number of hydrogen-bond acceptors (Lipinski definition) is 3. The second-order valence-corrected chi connectivity index (χ2v) is 5.68. The molecule has 2 aromatic carbocycles. The monoisotopic (exact) mass is 322 g/mol. The van der Waals surface area contributed by atoms with Crippen LogP contribution in [0.5, 0.6) is 0 Å². The lowest BCUT2D eigenvalue weighted by molar-refractivity contribution is 0.0682. The van der Waals surface area contributed by atoms with E-state index < -0.39 is 0 Å². The summed E-state index contributed by atoms with van der Waals surface area (Å²) in [5.74, 6) is 0.461. The van der Waals surface area contributed by atoms with Gasteiger partial charge in [0.25, 0.3) is 5.91 Å². The largest absolute Gasteiger partial charge is 0.330 e. The first kappa shape index (κ1) is 14.6. The molecule has 0 N–H and O–H groups in total. The van der Waals surface area contributed by atoms with Gasteiger partial charge in [0.2, 0.25) is 5.82 Å². The highest BCUT2D eigenvalue weighted by Crippen LogP contribution is 2.22. The fourth-order valence-electron chi connectivity index (χ4n) is 2.92. The third kappa shape index (κ3) is 2.46. The highest BCUT2D eigenvalue weighted by atomic mass is 19.1. The first-order valence-electron chi connectivity index (χ1n) is 7.75. The van der Waals surface area contributed by atoms with Gasteiger partial charge >= 0.3 is 0 Å². The molecule has 0 saturated carbocycles. The molecule has 1 aliphatic rings. The Balaban J connectivity index is 1.62. The Labute approximate surface area is 138 Å². The smallest absolute Gasteiger partial charge is 0.292 e. The molecular weight excluding hydrogens is 307 g/mol. The number of carbonyl (C=O) groups excluding carboxylic acids is 1. The highest BCUT2D eigenvalue weighted by Gasteiger charge is 2.29. The number of fused-ring (bicyclic) bond motifs is 1. The molecule has 0 aliphatic carbocycles. The fraction of sp³-hybridized carbons (Fsp3) is 0.167. The number of nitrogens with zero attached hydrogens (tertiary/aromatic N) is 4. The predicted molar refractivity (Wildman–Crippen MR) is 86.6 cm³/mol. The van der Waals surface area contributed by atoms with Gasteiger partial charge in [-0.2, -0.15) is 0 Å². The second-order valence-electron chi connectivity index (χ2n) is 5.68. The molecular formula is C18H15FN4O. The molecule has 2 heterocycles. The van der Waals surface area contributed by atoms with E-state index in [-0.39, 0.29) is 18.3 Å². The average Bonchev–Trinajstić information content (AvgIpc) is 3.05. The molecule has 0 fully saturated rings. The van der Waals surface area contributed by atoms with Crippen LogP contribution in [0.4, 0.5) is 4.39 Å². The van der Waals surface area contributed by atoms with Crippen molar-refractivity contribution in [3.63, 3.8) is 0 Å². The molecule has 0 saturated heterocycles. The summed E-state index contributed by atoms with van der Waals surface area (Å²) in [6.45, 7) is 1.32. The Kier molecular flexibility index (Phi) is 3.57. The summed E-state index contributed by atoms with van der Waals surface area (Å²) in [5, 5.41) is 8.23. The zero-order valence-electron chi connectivity index (χ0n) is 12.9. The molecule has 1 aromatic heterocycles. The molecule has 0 spiro atoms. The van der Waals surface area contributed by atoms with Crippen molar-refractivity contribution in [1.82, 2.24) is 19.7 Å². The molecule has 3 aromatic rings. The quantitative estimate of drug-likeness (QED) is 0.745. The summed E-state index contributed by atoms with van der Waals surface area (Å²) in [6, 6.07) is 16.1. The van der Waals surface area contributed by atoms with Gasteiger partial charge in [0.15, 0.2) is 5.82 Å². The molecule has 0 radical (unpaired) electrons. The molecule has 120 valence electrons. The molecule has 24 heavy (non-hydrogen) atoms. The average molecular weight is 322 g/mol. The van der Waals surface area contributed by atoms with Crippen molar-refractivity contribution in [3.8, 4) is 11.4 Å². The van der Waals surface area contributed by atoms with Crippen molar-refractivity contribution in [2.75, 3.05) is 6.54 Å². The van der Waals surface area contributed by atoms with Crippen LogP contribution in [0.1, 0.15) is 16.2 Å². The molecule has 0 atom stereocenters. The van der Waals surface area contributed by atoms with Crippen LogP contribution in [0.15, 0.2) is 54.6 Å². The predicted octanol–water partition coefficient (Wildman–Crippen LogP) is 2.74. The lowest BCUT2D eigenvalue weighted by Crippen LogP contribution is -2.40. The van der Waals surface area contributed by atoms with Crippen LogP contribution in [0.2, 0.25) is 0 Å². The minimum Gasteiger partial charge on any atom is -0.330 e. The Bertz CT molecular complexity index is 891. The number of hydrogen-bond donors (Lipinski definition) is 0. The maximum Gasteiger partial charge on any atom is 0.292 e. The first-order valence-corrected chi connectivity index (χ1v) is 7.75. The van der Waals surface area contributed by atoms with E-state index in [4.69, 9.17) is 0 Å². The molecule has 1 aliphatic heterocycles. The van der Waals surface area contributed by atoms with Gasteiger partial charge in [-0.1, -0.05) is 48.5 Å². The van der Waals surface area contributed by atoms with Gasteiger partial charge in [-0.15, -0.1) is 10.2 Å². The fourth-order valence-corrected chi connectivity index (χ4v) is 2.92. The lowest BCUT2D eigenvalue weighted by atomic mass is 10.1. The van der Waals surface area contributed by atoms with Crippen molar-refractivity contribution in [1.29, 1.82) is 0 Å². The summed E-state index contributed by atoms with van der Waals surface area (Å²) in [6.07, 6.45) is 0. The van der Waals surface area contributed by atoms with Gasteiger partial charge in [0.05, 0.1) is 0 Å². The maximum atomic E-state index is 13.8. The van der Waals surface area contributed by atoms with Crippen molar-refractivity contribution >= 4 is 5.91 Å². The van der Waals surface area contributed by atoms with E-state index >= 15 is 0 Å². The van der Waals surface area contributed by atoms with E-state index in [0.29, 0.717) is 30.3 Å². The van der Waals surface area contributed by atoms with Crippen LogP contribution < -0.4 is 0 Å². The van der Waals surface area contributed by atoms with Crippen LogP contribution >= 0.6 is 0 Å². The Morgan fingerprint density at radius 3 is 2.42 bits per heavy atom. The van der Waals surface area contributed by atoms with Crippen LogP contribution in [0.25, 0.3) is 11.4 Å². The molecule has 4 rings (SSSR count). The summed E-state index contributed by atoms with van der Waals surface area (Å²) in [7, 11) is 0. The van der Waals surface area contributed by atoms with Gasteiger partial charge < -0.3 is 9.47 Å². The molecule has 0 bridgehead atoms. The van der Waals surface area contributed by atoms with Crippen LogP contribution in [0.3, 0.4) is 0 Å². The van der Waals surface area contributed by atoms with Crippen molar-refractivity contribution in [3.05, 3.63) is 71.8 Å². The minimum atomic E-state index is -0.303. The number of amides is 1. The normalized spacial score (nSPS) is 13.9. The number of aromatic nitrogens is 3. The minimum absolute atomic E-state index is 0.223. The Hall–Kier alpha value is -3.02. The van der Waals surface area contributed by atoms with E-state index in [2.05, 4.69) is 10.2 Å². The molecule has 5 nitrogen and oxygen atoms in total.